The van der Waals surface area contributed by atoms with Crippen LogP contribution < -0.4 is 10.1 Å². The third kappa shape index (κ3) is 2.53. The molecule has 0 aromatic carbocycles. The lowest BCUT2D eigenvalue weighted by atomic mass is 9.77. The Morgan fingerprint density at radius 1 is 1.36 bits per heavy atom. The van der Waals surface area contributed by atoms with Gasteiger partial charge in [-0.25, -0.2) is 4.79 Å². The average molecular weight is 303 g/mol. The standard InChI is InChI=1S/C16H21N3O3/c1-11-5-7-16(8-6-11)14(20)19(15(21)18-16)10-12-3-4-13(22-2)9-17-12/h3-4,9,11H,5-8,10H2,1-2H3,(H,18,21). The van der Waals surface area contributed by atoms with Crippen LogP contribution in [0.3, 0.4) is 0 Å². The molecule has 6 heteroatoms. The van der Waals surface area contributed by atoms with Gasteiger partial charge in [-0.05, 0) is 43.7 Å². The summed E-state index contributed by atoms with van der Waals surface area (Å²) in [5.41, 5.74) is -0.0127. The lowest BCUT2D eigenvalue weighted by molar-refractivity contribution is -0.133. The average Bonchev–Trinajstić information content (AvgIpc) is 2.76. The SMILES string of the molecule is COc1ccc(CN2C(=O)NC3(CCC(C)CC3)C2=O)nc1. The number of nitrogens with zero attached hydrogens (tertiary/aromatic N) is 2. The molecule has 2 fully saturated rings. The minimum absolute atomic E-state index is 0.109. The van der Waals surface area contributed by atoms with Gasteiger partial charge in [-0.3, -0.25) is 14.7 Å². The van der Waals surface area contributed by atoms with Crippen LogP contribution in [-0.2, 0) is 11.3 Å². The predicted molar refractivity (Wildman–Crippen MR) is 80.2 cm³/mol. The molecule has 1 aromatic rings. The maximum absolute atomic E-state index is 12.7. The molecule has 1 saturated heterocycles. The van der Waals surface area contributed by atoms with Gasteiger partial charge in [0.1, 0.15) is 11.3 Å². The van der Waals surface area contributed by atoms with Crippen LogP contribution in [0.1, 0.15) is 38.3 Å². The first kappa shape index (κ1) is 14.8. The highest BCUT2D eigenvalue weighted by molar-refractivity contribution is 6.07. The first-order valence-electron chi connectivity index (χ1n) is 7.67. The summed E-state index contributed by atoms with van der Waals surface area (Å²) in [5, 5.41) is 2.92. The largest absolute Gasteiger partial charge is 0.495 e. The van der Waals surface area contributed by atoms with Crippen LogP contribution in [0.25, 0.3) is 0 Å². The molecule has 22 heavy (non-hydrogen) atoms. The van der Waals surface area contributed by atoms with E-state index in [1.165, 1.54) is 4.90 Å². The van der Waals surface area contributed by atoms with Gasteiger partial charge in [-0.2, -0.15) is 0 Å². The molecule has 2 aliphatic rings. The van der Waals surface area contributed by atoms with Crippen molar-refractivity contribution in [3.8, 4) is 5.75 Å². The molecule has 1 saturated carbocycles. The number of methoxy groups -OCH3 is 1. The van der Waals surface area contributed by atoms with Gasteiger partial charge in [0.2, 0.25) is 0 Å². The van der Waals surface area contributed by atoms with Crippen molar-refractivity contribution in [1.29, 1.82) is 0 Å². The highest BCUT2D eigenvalue weighted by atomic mass is 16.5. The number of nitrogens with one attached hydrogen (secondary N) is 1. The molecule has 1 spiro atoms. The first-order chi connectivity index (χ1) is 10.5. The number of carbonyl (C=O) groups is 2. The van der Waals surface area contributed by atoms with E-state index in [2.05, 4.69) is 17.2 Å². The summed E-state index contributed by atoms with van der Waals surface area (Å²) < 4.78 is 5.06. The van der Waals surface area contributed by atoms with Gasteiger partial charge in [-0.15, -0.1) is 0 Å². The molecule has 0 atom stereocenters. The van der Waals surface area contributed by atoms with Crippen LogP contribution in [0.4, 0.5) is 4.79 Å². The maximum atomic E-state index is 12.7. The fourth-order valence-electron chi connectivity index (χ4n) is 3.20. The number of urea groups is 1. The van der Waals surface area contributed by atoms with Gasteiger partial charge < -0.3 is 10.1 Å². The van der Waals surface area contributed by atoms with Crippen molar-refractivity contribution in [2.45, 2.75) is 44.7 Å². The molecule has 1 aromatic heterocycles. The van der Waals surface area contributed by atoms with E-state index in [-0.39, 0.29) is 18.5 Å². The van der Waals surface area contributed by atoms with Gasteiger partial charge in [0, 0.05) is 0 Å². The Bertz CT molecular complexity index is 577. The molecule has 6 nitrogen and oxygen atoms in total. The Morgan fingerprint density at radius 2 is 2.09 bits per heavy atom. The molecule has 1 aliphatic carbocycles. The van der Waals surface area contributed by atoms with Crippen molar-refractivity contribution in [1.82, 2.24) is 15.2 Å². The molecule has 1 N–H and O–H groups in total. The molecular weight excluding hydrogens is 282 g/mol. The van der Waals surface area contributed by atoms with Crippen molar-refractivity contribution < 1.29 is 14.3 Å². The van der Waals surface area contributed by atoms with Crippen LogP contribution in [-0.4, -0.2) is 34.5 Å². The van der Waals surface area contributed by atoms with E-state index < -0.39 is 5.54 Å². The second kappa shape index (κ2) is 5.59. The number of hydrogen-bond donors (Lipinski definition) is 1. The number of amides is 3. The Hall–Kier alpha value is -2.11. The fourth-order valence-corrected chi connectivity index (χ4v) is 3.20. The van der Waals surface area contributed by atoms with Crippen LogP contribution in [0, 0.1) is 5.92 Å². The van der Waals surface area contributed by atoms with Crippen molar-refractivity contribution in [3.05, 3.63) is 24.0 Å². The molecule has 0 radical (unpaired) electrons. The van der Waals surface area contributed by atoms with Gasteiger partial charge in [0.05, 0.1) is 25.5 Å². The highest BCUT2D eigenvalue weighted by Crippen LogP contribution is 2.36. The van der Waals surface area contributed by atoms with Crippen molar-refractivity contribution in [3.63, 3.8) is 0 Å². The van der Waals surface area contributed by atoms with E-state index in [0.29, 0.717) is 17.4 Å². The Morgan fingerprint density at radius 3 is 2.68 bits per heavy atom. The number of hydrogen-bond acceptors (Lipinski definition) is 4. The summed E-state index contributed by atoms with van der Waals surface area (Å²) in [6.45, 7) is 2.39. The molecular formula is C16H21N3O3. The van der Waals surface area contributed by atoms with Gasteiger partial charge in [-0.1, -0.05) is 6.92 Å². The number of carbonyl (C=O) groups excluding carboxylic acids is 2. The van der Waals surface area contributed by atoms with E-state index in [9.17, 15) is 9.59 Å². The summed E-state index contributed by atoms with van der Waals surface area (Å²) >= 11 is 0. The van der Waals surface area contributed by atoms with E-state index in [1.807, 2.05) is 0 Å². The minimum Gasteiger partial charge on any atom is -0.495 e. The molecule has 0 bridgehead atoms. The fraction of sp³-hybridized carbons (Fsp3) is 0.562. The number of rotatable bonds is 3. The second-order valence-electron chi connectivity index (χ2n) is 6.28. The number of aromatic nitrogens is 1. The van der Waals surface area contributed by atoms with Crippen LogP contribution in [0.5, 0.6) is 5.75 Å². The van der Waals surface area contributed by atoms with Gasteiger partial charge in [0.25, 0.3) is 5.91 Å². The second-order valence-corrected chi connectivity index (χ2v) is 6.28. The predicted octanol–water partition coefficient (Wildman–Crippen LogP) is 2.09. The van der Waals surface area contributed by atoms with Gasteiger partial charge in [0.15, 0.2) is 0 Å². The molecule has 3 amide bonds. The third-order valence-electron chi connectivity index (χ3n) is 4.73. The lowest BCUT2D eigenvalue weighted by Gasteiger charge is -2.33. The molecule has 3 rings (SSSR count). The number of imide groups is 1. The van der Waals surface area contributed by atoms with Crippen LogP contribution in [0.15, 0.2) is 18.3 Å². The lowest BCUT2D eigenvalue weighted by Crippen LogP contribution is -2.49. The summed E-state index contributed by atoms with van der Waals surface area (Å²) in [4.78, 5) is 30.4. The quantitative estimate of drug-likeness (QED) is 0.868. The molecule has 118 valence electrons. The number of ether oxygens (including phenoxy) is 1. The topological polar surface area (TPSA) is 71.5 Å². The summed E-state index contributed by atoms with van der Waals surface area (Å²) in [6, 6.07) is 3.24. The van der Waals surface area contributed by atoms with E-state index in [0.717, 1.165) is 25.7 Å². The molecule has 1 aliphatic heterocycles. The third-order valence-corrected chi connectivity index (χ3v) is 4.73. The Balaban J connectivity index is 1.74. The first-order valence-corrected chi connectivity index (χ1v) is 7.67. The minimum atomic E-state index is -0.684. The maximum Gasteiger partial charge on any atom is 0.325 e. The summed E-state index contributed by atoms with van der Waals surface area (Å²) in [5.74, 6) is 1.16. The Kier molecular flexibility index (Phi) is 3.76. The summed E-state index contributed by atoms with van der Waals surface area (Å²) in [6.07, 6.45) is 4.99. The van der Waals surface area contributed by atoms with E-state index in [1.54, 1.807) is 25.4 Å². The summed E-state index contributed by atoms with van der Waals surface area (Å²) in [7, 11) is 1.57. The molecule has 0 unspecified atom stereocenters. The van der Waals surface area contributed by atoms with E-state index >= 15 is 0 Å². The zero-order chi connectivity index (χ0) is 15.7. The smallest absolute Gasteiger partial charge is 0.325 e. The molecule has 2 heterocycles. The van der Waals surface area contributed by atoms with Gasteiger partial charge >= 0.3 is 6.03 Å². The zero-order valence-corrected chi connectivity index (χ0v) is 13.0. The van der Waals surface area contributed by atoms with Crippen LogP contribution in [0.2, 0.25) is 0 Å². The highest BCUT2D eigenvalue weighted by Gasteiger charge is 2.51. The van der Waals surface area contributed by atoms with Crippen molar-refractivity contribution in [2.75, 3.05) is 7.11 Å². The normalized spacial score (nSPS) is 28.1. The Labute approximate surface area is 129 Å². The van der Waals surface area contributed by atoms with E-state index in [4.69, 9.17) is 4.74 Å². The van der Waals surface area contributed by atoms with Crippen molar-refractivity contribution >= 4 is 11.9 Å². The number of pyridine rings is 1. The monoisotopic (exact) mass is 303 g/mol. The van der Waals surface area contributed by atoms with Crippen LogP contribution >= 0.6 is 0 Å². The zero-order valence-electron chi connectivity index (χ0n) is 13.0. The van der Waals surface area contributed by atoms with Crippen molar-refractivity contribution in [2.24, 2.45) is 5.92 Å².